The maximum absolute atomic E-state index is 6.00. The number of morpholine rings is 1. The summed E-state index contributed by atoms with van der Waals surface area (Å²) >= 11 is 0. The second kappa shape index (κ2) is 5.74. The molecule has 3 aromatic rings. The molecule has 1 aromatic carbocycles. The lowest BCUT2D eigenvalue weighted by atomic mass is 10.2. The minimum Gasteiger partial charge on any atom is -0.450 e. The average molecular weight is 320 g/mol. The monoisotopic (exact) mass is 319 g/mol. The van der Waals surface area contributed by atoms with Crippen molar-refractivity contribution in [2.75, 3.05) is 18.0 Å². The van der Waals surface area contributed by atoms with E-state index in [0.29, 0.717) is 0 Å². The molecule has 0 aliphatic carbocycles. The van der Waals surface area contributed by atoms with E-state index in [-0.39, 0.29) is 24.6 Å². The van der Waals surface area contributed by atoms with Gasteiger partial charge in [0.2, 0.25) is 0 Å². The average Bonchev–Trinajstić information content (AvgIpc) is 2.84. The van der Waals surface area contributed by atoms with Gasteiger partial charge in [0, 0.05) is 18.5 Å². The van der Waals surface area contributed by atoms with E-state index in [2.05, 4.69) is 28.7 Å². The number of hydrogen-bond donors (Lipinski definition) is 0. The number of fused-ring (bicyclic) bond motifs is 3. The molecule has 2 unspecified atom stereocenters. The maximum Gasteiger partial charge on any atom is 0.196 e. The zero-order valence-corrected chi connectivity index (χ0v) is 13.3. The van der Waals surface area contributed by atoms with Crippen molar-refractivity contribution >= 4 is 40.3 Å². The lowest BCUT2D eigenvalue weighted by Crippen LogP contribution is -2.45. The molecule has 0 radical (unpaired) electrons. The van der Waals surface area contributed by atoms with Gasteiger partial charge in [0.25, 0.3) is 0 Å². The topological polar surface area (TPSA) is 51.4 Å². The van der Waals surface area contributed by atoms with Crippen LogP contribution < -0.4 is 4.90 Å². The number of benzene rings is 1. The molecule has 0 bridgehead atoms. The van der Waals surface area contributed by atoms with Gasteiger partial charge in [0.1, 0.15) is 17.4 Å². The first-order valence-electron chi connectivity index (χ1n) is 7.25. The van der Waals surface area contributed by atoms with Gasteiger partial charge in [-0.2, -0.15) is 0 Å². The molecule has 1 saturated heterocycles. The quantitative estimate of drug-likeness (QED) is 0.688. The van der Waals surface area contributed by atoms with Gasteiger partial charge in [0.15, 0.2) is 11.4 Å². The summed E-state index contributed by atoms with van der Waals surface area (Å²) in [5.74, 6) is 0.859. The summed E-state index contributed by atoms with van der Waals surface area (Å²) in [6.07, 6.45) is 1.98. The number of rotatable bonds is 1. The Kier molecular flexibility index (Phi) is 3.93. The SMILES string of the molecule is CC1CN(c2ncnc3c2oc2ccccc23)CC(C)O1.Cl. The van der Waals surface area contributed by atoms with Gasteiger partial charge in [-0.1, -0.05) is 12.1 Å². The number of halogens is 1. The van der Waals surface area contributed by atoms with Gasteiger partial charge in [-0.15, -0.1) is 12.4 Å². The molecule has 6 heteroatoms. The van der Waals surface area contributed by atoms with E-state index in [0.717, 1.165) is 41.0 Å². The van der Waals surface area contributed by atoms with Gasteiger partial charge < -0.3 is 14.1 Å². The van der Waals surface area contributed by atoms with Crippen LogP contribution in [0.5, 0.6) is 0 Å². The Bertz CT molecular complexity index is 794. The summed E-state index contributed by atoms with van der Waals surface area (Å²) in [6, 6.07) is 7.96. The Labute approximate surface area is 134 Å². The van der Waals surface area contributed by atoms with Crippen LogP contribution in [0.2, 0.25) is 0 Å². The Balaban J connectivity index is 0.00000144. The molecule has 5 nitrogen and oxygen atoms in total. The van der Waals surface area contributed by atoms with Gasteiger partial charge >= 0.3 is 0 Å². The van der Waals surface area contributed by atoms with E-state index in [9.17, 15) is 0 Å². The van der Waals surface area contributed by atoms with Crippen LogP contribution in [0.1, 0.15) is 13.8 Å². The highest BCUT2D eigenvalue weighted by Gasteiger charge is 2.26. The highest BCUT2D eigenvalue weighted by molar-refractivity contribution is 6.05. The number of ether oxygens (including phenoxy) is 1. The largest absolute Gasteiger partial charge is 0.450 e. The molecule has 4 rings (SSSR count). The van der Waals surface area contributed by atoms with E-state index in [4.69, 9.17) is 9.15 Å². The van der Waals surface area contributed by atoms with Crippen LogP contribution in [0.25, 0.3) is 22.1 Å². The first-order chi connectivity index (χ1) is 10.2. The van der Waals surface area contributed by atoms with Crippen molar-refractivity contribution in [3.05, 3.63) is 30.6 Å². The van der Waals surface area contributed by atoms with Crippen LogP contribution >= 0.6 is 12.4 Å². The predicted molar refractivity (Wildman–Crippen MR) is 88.8 cm³/mol. The van der Waals surface area contributed by atoms with Crippen molar-refractivity contribution in [1.29, 1.82) is 0 Å². The van der Waals surface area contributed by atoms with Crippen molar-refractivity contribution in [2.45, 2.75) is 26.1 Å². The molecule has 2 atom stereocenters. The van der Waals surface area contributed by atoms with Gasteiger partial charge in [-0.3, -0.25) is 0 Å². The summed E-state index contributed by atoms with van der Waals surface area (Å²) < 4.78 is 11.8. The number of para-hydroxylation sites is 1. The third-order valence-corrected chi connectivity index (χ3v) is 3.86. The fraction of sp³-hybridized carbons (Fsp3) is 0.375. The highest BCUT2D eigenvalue weighted by atomic mass is 35.5. The Morgan fingerprint density at radius 3 is 2.59 bits per heavy atom. The predicted octanol–water partition coefficient (Wildman–Crippen LogP) is 3.41. The molecule has 0 amide bonds. The molecule has 1 aliphatic rings. The molecular weight excluding hydrogens is 302 g/mol. The fourth-order valence-corrected chi connectivity index (χ4v) is 3.09. The van der Waals surface area contributed by atoms with Crippen LogP contribution in [0.15, 0.2) is 35.0 Å². The summed E-state index contributed by atoms with van der Waals surface area (Å²) in [6.45, 7) is 5.79. The van der Waals surface area contributed by atoms with Crippen LogP contribution in [-0.4, -0.2) is 35.3 Å². The first-order valence-corrected chi connectivity index (χ1v) is 7.25. The molecule has 0 saturated carbocycles. The number of furan rings is 1. The molecule has 2 aromatic heterocycles. The molecule has 1 aliphatic heterocycles. The Morgan fingerprint density at radius 1 is 1.09 bits per heavy atom. The summed E-state index contributed by atoms with van der Waals surface area (Å²) in [5.41, 5.74) is 2.49. The van der Waals surface area contributed by atoms with Crippen LogP contribution in [-0.2, 0) is 4.74 Å². The van der Waals surface area contributed by atoms with Crippen molar-refractivity contribution in [3.63, 3.8) is 0 Å². The zero-order valence-electron chi connectivity index (χ0n) is 12.5. The van der Waals surface area contributed by atoms with Crippen molar-refractivity contribution in [1.82, 2.24) is 9.97 Å². The number of anilines is 1. The molecule has 3 heterocycles. The second-order valence-corrected chi connectivity index (χ2v) is 5.64. The molecule has 1 fully saturated rings. The number of aromatic nitrogens is 2. The minimum atomic E-state index is 0. The number of nitrogens with zero attached hydrogens (tertiary/aromatic N) is 3. The zero-order chi connectivity index (χ0) is 14.4. The maximum atomic E-state index is 6.00. The minimum absolute atomic E-state index is 0. The van der Waals surface area contributed by atoms with E-state index in [1.807, 2.05) is 24.3 Å². The van der Waals surface area contributed by atoms with Gasteiger partial charge in [-0.05, 0) is 26.0 Å². The van der Waals surface area contributed by atoms with E-state index in [1.54, 1.807) is 6.33 Å². The standard InChI is InChI=1S/C16H17N3O2.ClH/c1-10-7-19(8-11(2)20-10)16-15-14(17-9-18-16)12-5-3-4-6-13(12)21-15;/h3-6,9-11H,7-8H2,1-2H3;1H. The summed E-state index contributed by atoms with van der Waals surface area (Å²) in [5, 5.41) is 1.03. The van der Waals surface area contributed by atoms with Gasteiger partial charge in [-0.25, -0.2) is 9.97 Å². The Hall–Kier alpha value is -1.85. The highest BCUT2D eigenvalue weighted by Crippen LogP contribution is 2.33. The third-order valence-electron chi connectivity index (χ3n) is 3.86. The van der Waals surface area contributed by atoms with E-state index in [1.165, 1.54) is 0 Å². The third kappa shape index (κ3) is 2.40. The number of hydrogen-bond acceptors (Lipinski definition) is 5. The van der Waals surface area contributed by atoms with Crippen LogP contribution in [0.3, 0.4) is 0 Å². The summed E-state index contributed by atoms with van der Waals surface area (Å²) in [7, 11) is 0. The Morgan fingerprint density at radius 2 is 1.82 bits per heavy atom. The van der Waals surface area contributed by atoms with Gasteiger partial charge in [0.05, 0.1) is 12.2 Å². The smallest absolute Gasteiger partial charge is 0.196 e. The van der Waals surface area contributed by atoms with E-state index < -0.39 is 0 Å². The lowest BCUT2D eigenvalue weighted by Gasteiger charge is -2.35. The van der Waals surface area contributed by atoms with Crippen molar-refractivity contribution in [3.8, 4) is 0 Å². The summed E-state index contributed by atoms with van der Waals surface area (Å²) in [4.78, 5) is 11.1. The molecule has 116 valence electrons. The van der Waals surface area contributed by atoms with Crippen molar-refractivity contribution in [2.24, 2.45) is 0 Å². The second-order valence-electron chi connectivity index (χ2n) is 5.64. The molecule has 0 N–H and O–H groups in total. The first kappa shape index (κ1) is 15.1. The lowest BCUT2D eigenvalue weighted by molar-refractivity contribution is -0.00541. The normalized spacial score (nSPS) is 22.0. The van der Waals surface area contributed by atoms with Crippen molar-refractivity contribution < 1.29 is 9.15 Å². The van der Waals surface area contributed by atoms with E-state index >= 15 is 0 Å². The molecule has 0 spiro atoms. The van der Waals surface area contributed by atoms with Crippen LogP contribution in [0, 0.1) is 0 Å². The molecular formula is C16H18ClN3O2. The fourth-order valence-electron chi connectivity index (χ4n) is 3.09. The molecule has 22 heavy (non-hydrogen) atoms. The van der Waals surface area contributed by atoms with Crippen LogP contribution in [0.4, 0.5) is 5.82 Å².